The Hall–Kier alpha value is -2.74. The van der Waals surface area contributed by atoms with Crippen molar-refractivity contribution < 1.29 is 36.7 Å². The van der Waals surface area contributed by atoms with Gasteiger partial charge in [0.05, 0.1) is 28.1 Å². The minimum absolute atomic E-state index is 0.00113. The largest absolute Gasteiger partial charge is 0.401 e. The molecular weight excluding hydrogens is 552 g/mol. The standard InChI is InChI=1S/C24H25ClF4N4O4S/c25-20-6-5-19(38-20)23(36)30-10-18(32(11-14-1-2-14)13-24(27,28)29)22(35)31-17-4-3-15(9-16(17)26)33-7-8-37-12-21(33)34/h3-6,9,14,18H,1-2,7-8,10-13H2,(H,30,36)(H,31,35)/t18-/m0/s1. The highest BCUT2D eigenvalue weighted by Crippen LogP contribution is 2.32. The highest BCUT2D eigenvalue weighted by Gasteiger charge is 2.39. The number of nitrogens with zero attached hydrogens (tertiary/aromatic N) is 2. The summed E-state index contributed by atoms with van der Waals surface area (Å²) in [6.45, 7) is -1.43. The fourth-order valence-electron chi connectivity index (χ4n) is 4.05. The average molecular weight is 577 g/mol. The zero-order valence-electron chi connectivity index (χ0n) is 20.0. The Kier molecular flexibility index (Phi) is 8.91. The molecule has 0 unspecified atom stereocenters. The second-order valence-corrected chi connectivity index (χ2v) is 10.8. The van der Waals surface area contributed by atoms with Crippen molar-refractivity contribution in [3.8, 4) is 0 Å². The maximum absolute atomic E-state index is 14.9. The normalized spacial score (nSPS) is 17.0. The Morgan fingerprint density at radius 3 is 2.61 bits per heavy atom. The van der Waals surface area contributed by atoms with Crippen LogP contribution < -0.4 is 15.5 Å². The van der Waals surface area contributed by atoms with Crippen LogP contribution in [-0.2, 0) is 14.3 Å². The van der Waals surface area contributed by atoms with Crippen LogP contribution in [0.1, 0.15) is 22.5 Å². The maximum atomic E-state index is 14.9. The number of alkyl halides is 3. The van der Waals surface area contributed by atoms with Crippen LogP contribution >= 0.6 is 22.9 Å². The highest BCUT2D eigenvalue weighted by molar-refractivity contribution is 7.18. The van der Waals surface area contributed by atoms with E-state index in [-0.39, 0.29) is 54.4 Å². The van der Waals surface area contributed by atoms with Crippen LogP contribution in [-0.4, -0.2) is 74.2 Å². The van der Waals surface area contributed by atoms with Crippen molar-refractivity contribution in [1.82, 2.24) is 10.2 Å². The van der Waals surface area contributed by atoms with Crippen molar-refractivity contribution in [2.75, 3.05) is 49.6 Å². The summed E-state index contributed by atoms with van der Waals surface area (Å²) in [4.78, 5) is 40.4. The molecule has 4 rings (SSSR count). The van der Waals surface area contributed by atoms with Gasteiger partial charge in [-0.3, -0.25) is 19.3 Å². The van der Waals surface area contributed by atoms with Gasteiger partial charge in [-0.1, -0.05) is 11.6 Å². The van der Waals surface area contributed by atoms with Crippen molar-refractivity contribution in [1.29, 1.82) is 0 Å². The Balaban J connectivity index is 1.52. The van der Waals surface area contributed by atoms with Crippen LogP contribution in [0.15, 0.2) is 30.3 Å². The summed E-state index contributed by atoms with van der Waals surface area (Å²) in [6, 6.07) is 5.27. The third-order valence-corrected chi connectivity index (χ3v) is 7.31. The van der Waals surface area contributed by atoms with Gasteiger partial charge in [0, 0.05) is 25.3 Å². The highest BCUT2D eigenvalue weighted by atomic mass is 35.5. The monoisotopic (exact) mass is 576 g/mol. The van der Waals surface area contributed by atoms with Crippen LogP contribution in [0.4, 0.5) is 28.9 Å². The molecule has 1 atom stereocenters. The predicted octanol–water partition coefficient (Wildman–Crippen LogP) is 3.92. The molecule has 206 valence electrons. The Labute approximate surface area is 224 Å². The van der Waals surface area contributed by atoms with E-state index in [2.05, 4.69) is 10.6 Å². The number of hydrogen-bond donors (Lipinski definition) is 2. The first kappa shape index (κ1) is 28.3. The molecular formula is C24H25ClF4N4O4S. The number of benzene rings is 1. The first-order valence-electron chi connectivity index (χ1n) is 11.8. The first-order chi connectivity index (χ1) is 18.0. The number of hydrogen-bond acceptors (Lipinski definition) is 6. The van der Waals surface area contributed by atoms with E-state index in [0.29, 0.717) is 4.34 Å². The third kappa shape index (κ3) is 7.65. The number of carbonyl (C=O) groups is 3. The van der Waals surface area contributed by atoms with Gasteiger partial charge in [0.2, 0.25) is 5.91 Å². The van der Waals surface area contributed by atoms with Gasteiger partial charge >= 0.3 is 6.18 Å². The Morgan fingerprint density at radius 2 is 2.00 bits per heavy atom. The molecule has 2 fully saturated rings. The molecule has 3 amide bonds. The van der Waals surface area contributed by atoms with E-state index in [1.54, 1.807) is 0 Å². The van der Waals surface area contributed by atoms with Crippen molar-refractivity contribution in [3.05, 3.63) is 45.4 Å². The van der Waals surface area contributed by atoms with E-state index >= 15 is 0 Å². The summed E-state index contributed by atoms with van der Waals surface area (Å²) in [7, 11) is 0. The van der Waals surface area contributed by atoms with Crippen molar-refractivity contribution in [2.45, 2.75) is 25.1 Å². The van der Waals surface area contributed by atoms with Gasteiger partial charge in [-0.2, -0.15) is 13.2 Å². The number of morpholine rings is 1. The SMILES string of the molecule is O=C(NC[C@@H](C(=O)Nc1ccc(N2CCOCC2=O)cc1F)N(CC1CC1)CC(F)(F)F)c1ccc(Cl)s1. The van der Waals surface area contributed by atoms with Gasteiger partial charge in [-0.05, 0) is 49.1 Å². The van der Waals surface area contributed by atoms with Crippen LogP contribution in [0.2, 0.25) is 4.34 Å². The molecule has 2 aromatic rings. The molecule has 0 spiro atoms. The van der Waals surface area contributed by atoms with Crippen molar-refractivity contribution in [3.63, 3.8) is 0 Å². The number of rotatable bonds is 10. The molecule has 2 N–H and O–H groups in total. The summed E-state index contributed by atoms with van der Waals surface area (Å²) < 4.78 is 60.7. The number of ether oxygens (including phenoxy) is 1. The first-order valence-corrected chi connectivity index (χ1v) is 13.0. The van der Waals surface area contributed by atoms with Gasteiger partial charge in [-0.25, -0.2) is 4.39 Å². The number of thiophene rings is 1. The molecule has 1 aliphatic carbocycles. The molecule has 1 aromatic heterocycles. The summed E-state index contributed by atoms with van der Waals surface area (Å²) >= 11 is 6.84. The smallest absolute Gasteiger partial charge is 0.370 e. The lowest BCUT2D eigenvalue weighted by Crippen LogP contribution is -2.54. The second kappa shape index (κ2) is 12.0. The topological polar surface area (TPSA) is 91.0 Å². The summed E-state index contributed by atoms with van der Waals surface area (Å²) in [6.07, 6.45) is -3.13. The third-order valence-electron chi connectivity index (χ3n) is 6.08. The van der Waals surface area contributed by atoms with Crippen LogP contribution in [0.25, 0.3) is 0 Å². The van der Waals surface area contributed by atoms with Crippen molar-refractivity contribution in [2.24, 2.45) is 5.92 Å². The lowest BCUT2D eigenvalue weighted by atomic mass is 10.1. The number of amides is 3. The molecule has 1 aliphatic heterocycles. The van der Waals surface area contributed by atoms with Gasteiger partial charge in [0.15, 0.2) is 0 Å². The van der Waals surface area contributed by atoms with Gasteiger partial charge < -0.3 is 20.3 Å². The summed E-state index contributed by atoms with van der Waals surface area (Å²) in [5.74, 6) is -2.72. The van der Waals surface area contributed by atoms with Gasteiger partial charge in [0.1, 0.15) is 18.5 Å². The van der Waals surface area contributed by atoms with E-state index in [4.69, 9.17) is 16.3 Å². The molecule has 1 saturated heterocycles. The molecule has 38 heavy (non-hydrogen) atoms. The van der Waals surface area contributed by atoms with E-state index in [1.807, 2.05) is 0 Å². The zero-order chi connectivity index (χ0) is 27.4. The lowest BCUT2D eigenvalue weighted by molar-refractivity contribution is -0.154. The number of nitrogens with one attached hydrogen (secondary N) is 2. The quantitative estimate of drug-likeness (QED) is 0.419. The van der Waals surface area contributed by atoms with Crippen LogP contribution in [0.3, 0.4) is 0 Å². The predicted molar refractivity (Wildman–Crippen MR) is 134 cm³/mol. The maximum Gasteiger partial charge on any atom is 0.401 e. The number of halogens is 5. The number of anilines is 2. The Morgan fingerprint density at radius 1 is 1.24 bits per heavy atom. The van der Waals surface area contributed by atoms with E-state index in [9.17, 15) is 31.9 Å². The number of carbonyl (C=O) groups excluding carboxylic acids is 3. The van der Waals surface area contributed by atoms with Crippen LogP contribution in [0, 0.1) is 11.7 Å². The van der Waals surface area contributed by atoms with E-state index in [0.717, 1.165) is 35.1 Å². The molecule has 1 aromatic carbocycles. The van der Waals surface area contributed by atoms with Gasteiger partial charge in [-0.15, -0.1) is 11.3 Å². The molecule has 2 aliphatic rings. The minimum atomic E-state index is -4.60. The van der Waals surface area contributed by atoms with E-state index in [1.165, 1.54) is 29.2 Å². The second-order valence-electron chi connectivity index (χ2n) is 9.07. The van der Waals surface area contributed by atoms with E-state index < -0.39 is 42.9 Å². The molecule has 14 heteroatoms. The summed E-state index contributed by atoms with van der Waals surface area (Å²) in [5, 5.41) is 4.86. The molecule has 0 bridgehead atoms. The molecule has 1 saturated carbocycles. The summed E-state index contributed by atoms with van der Waals surface area (Å²) in [5.41, 5.74) is -0.00106. The fraction of sp³-hybridized carbons (Fsp3) is 0.458. The lowest BCUT2D eigenvalue weighted by Gasteiger charge is -2.32. The fourth-order valence-corrected chi connectivity index (χ4v) is 5.00. The minimum Gasteiger partial charge on any atom is -0.370 e. The van der Waals surface area contributed by atoms with Crippen LogP contribution in [0.5, 0.6) is 0 Å². The molecule has 8 nitrogen and oxygen atoms in total. The van der Waals surface area contributed by atoms with Gasteiger partial charge in [0.25, 0.3) is 11.8 Å². The Bertz CT molecular complexity index is 1190. The average Bonchev–Trinajstić information content (AvgIpc) is 3.55. The van der Waals surface area contributed by atoms with Crippen molar-refractivity contribution >= 4 is 52.0 Å². The molecule has 2 heterocycles. The zero-order valence-corrected chi connectivity index (χ0v) is 21.6. The molecule has 0 radical (unpaired) electrons.